The molecule has 5 nitrogen and oxygen atoms in total. The fraction of sp³-hybridized carbons (Fsp3) is 0.333. The van der Waals surface area contributed by atoms with Crippen LogP contribution in [0.5, 0.6) is 0 Å². The number of β-amino-alcohol motifs (C(OH)–C–C–N with tert-alkyl or cyclic N) is 1. The third kappa shape index (κ3) is 3.41. The van der Waals surface area contributed by atoms with E-state index in [4.69, 9.17) is 0 Å². The molecule has 0 fully saturated rings. The van der Waals surface area contributed by atoms with Crippen LogP contribution in [0.25, 0.3) is 0 Å². The number of aliphatic hydroxyl groups excluding tert-OH is 1. The van der Waals surface area contributed by atoms with Crippen LogP contribution in [-0.4, -0.2) is 28.0 Å². The highest BCUT2D eigenvalue weighted by Crippen LogP contribution is 2.28. The second kappa shape index (κ2) is 6.48. The van der Waals surface area contributed by atoms with Gasteiger partial charge < -0.3 is 5.11 Å². The molecule has 2 aromatic rings. The number of nitro benzene ring substituents is 1. The topological polar surface area (TPSA) is 66.6 Å². The van der Waals surface area contributed by atoms with Crippen LogP contribution in [0.1, 0.15) is 28.4 Å². The van der Waals surface area contributed by atoms with Gasteiger partial charge in [-0.15, -0.1) is 0 Å². The summed E-state index contributed by atoms with van der Waals surface area (Å²) in [5.74, 6) is 0. The van der Waals surface area contributed by atoms with Gasteiger partial charge in [-0.1, -0.05) is 42.0 Å². The molecular weight excluding hydrogens is 292 g/mol. The quantitative estimate of drug-likeness (QED) is 0.696. The van der Waals surface area contributed by atoms with E-state index in [1.165, 1.54) is 5.56 Å². The molecule has 3 rings (SSSR count). The van der Waals surface area contributed by atoms with Crippen LogP contribution in [0.4, 0.5) is 5.69 Å². The maximum Gasteiger partial charge on any atom is 0.272 e. The molecule has 2 aromatic carbocycles. The Kier molecular flexibility index (Phi) is 4.41. The summed E-state index contributed by atoms with van der Waals surface area (Å²) in [5.41, 5.74) is 4.10. The van der Waals surface area contributed by atoms with Gasteiger partial charge in [-0.25, -0.2) is 0 Å². The second-order valence-corrected chi connectivity index (χ2v) is 6.08. The minimum atomic E-state index is -0.546. The number of aryl methyl sites for hydroxylation is 1. The summed E-state index contributed by atoms with van der Waals surface area (Å²) >= 11 is 0. The van der Waals surface area contributed by atoms with Crippen LogP contribution in [0, 0.1) is 17.0 Å². The lowest BCUT2D eigenvalue weighted by Crippen LogP contribution is -2.34. The van der Waals surface area contributed by atoms with Crippen LogP contribution in [0.15, 0.2) is 42.5 Å². The number of benzene rings is 2. The molecular formula is C18H20N2O3. The Bertz CT molecular complexity index is 713. The van der Waals surface area contributed by atoms with Gasteiger partial charge in [-0.3, -0.25) is 15.0 Å². The first-order chi connectivity index (χ1) is 11.0. The van der Waals surface area contributed by atoms with Crippen molar-refractivity contribution in [1.29, 1.82) is 0 Å². The molecule has 120 valence electrons. The molecule has 1 aliphatic heterocycles. The van der Waals surface area contributed by atoms with Crippen molar-refractivity contribution in [3.8, 4) is 0 Å². The van der Waals surface area contributed by atoms with Crippen molar-refractivity contribution in [2.75, 3.05) is 13.1 Å². The SMILES string of the molecule is Cc1ccc(C(O)CN2CCc3c(cccc3[N+](=O)[O-])C2)cc1. The lowest BCUT2D eigenvalue weighted by atomic mass is 9.97. The zero-order chi connectivity index (χ0) is 16.4. The van der Waals surface area contributed by atoms with Gasteiger partial charge in [-0.2, -0.15) is 0 Å². The minimum Gasteiger partial charge on any atom is -0.387 e. The molecule has 1 aliphatic rings. The Labute approximate surface area is 135 Å². The molecule has 1 N–H and O–H groups in total. The van der Waals surface area contributed by atoms with E-state index in [0.717, 1.165) is 23.2 Å². The van der Waals surface area contributed by atoms with Gasteiger partial charge in [0.05, 0.1) is 11.0 Å². The Morgan fingerprint density at radius 1 is 1.26 bits per heavy atom. The van der Waals surface area contributed by atoms with E-state index >= 15 is 0 Å². The number of nitro groups is 1. The third-order valence-electron chi connectivity index (χ3n) is 4.41. The average Bonchev–Trinajstić information content (AvgIpc) is 2.54. The normalized spacial score (nSPS) is 15.9. The molecule has 0 aromatic heterocycles. The summed E-state index contributed by atoms with van der Waals surface area (Å²) in [4.78, 5) is 12.9. The van der Waals surface area contributed by atoms with E-state index < -0.39 is 6.10 Å². The molecule has 1 heterocycles. The summed E-state index contributed by atoms with van der Waals surface area (Å²) in [6.45, 7) is 3.91. The first kappa shape index (κ1) is 15.6. The summed E-state index contributed by atoms with van der Waals surface area (Å²) in [5, 5.41) is 21.5. The number of hydrogen-bond donors (Lipinski definition) is 1. The predicted octanol–water partition coefficient (Wildman–Crippen LogP) is 2.99. The van der Waals surface area contributed by atoms with Gasteiger partial charge in [0.25, 0.3) is 5.69 Å². The van der Waals surface area contributed by atoms with E-state index in [1.807, 2.05) is 37.3 Å². The number of rotatable bonds is 4. The second-order valence-electron chi connectivity index (χ2n) is 6.08. The molecule has 0 radical (unpaired) electrons. The maximum absolute atomic E-state index is 11.1. The molecule has 1 unspecified atom stereocenters. The number of hydrogen-bond acceptors (Lipinski definition) is 4. The van der Waals surface area contributed by atoms with E-state index in [9.17, 15) is 15.2 Å². The first-order valence-electron chi connectivity index (χ1n) is 7.77. The summed E-state index contributed by atoms with van der Waals surface area (Å²) in [7, 11) is 0. The van der Waals surface area contributed by atoms with Crippen molar-refractivity contribution in [2.45, 2.75) is 26.0 Å². The van der Waals surface area contributed by atoms with Gasteiger partial charge in [0.15, 0.2) is 0 Å². The lowest BCUT2D eigenvalue weighted by molar-refractivity contribution is -0.385. The standard InChI is InChI=1S/C18H20N2O3/c1-13-5-7-14(8-6-13)18(21)12-19-10-9-16-15(11-19)3-2-4-17(16)20(22)23/h2-8,18,21H,9-12H2,1H3. The molecule has 0 bridgehead atoms. The molecule has 23 heavy (non-hydrogen) atoms. The van der Waals surface area contributed by atoms with Crippen molar-refractivity contribution in [3.63, 3.8) is 0 Å². The number of fused-ring (bicyclic) bond motifs is 1. The molecule has 0 saturated heterocycles. The van der Waals surface area contributed by atoms with Gasteiger partial charge in [0, 0.05) is 31.3 Å². The summed E-state index contributed by atoms with van der Waals surface area (Å²) in [6.07, 6.45) is 0.100. The van der Waals surface area contributed by atoms with Crippen molar-refractivity contribution >= 4 is 5.69 Å². The van der Waals surface area contributed by atoms with Crippen LogP contribution >= 0.6 is 0 Å². The molecule has 0 amide bonds. The summed E-state index contributed by atoms with van der Waals surface area (Å²) < 4.78 is 0. The van der Waals surface area contributed by atoms with Crippen molar-refractivity contribution in [2.24, 2.45) is 0 Å². The van der Waals surface area contributed by atoms with Crippen LogP contribution in [0.3, 0.4) is 0 Å². The predicted molar refractivity (Wildman–Crippen MR) is 88.2 cm³/mol. The smallest absolute Gasteiger partial charge is 0.272 e. The van der Waals surface area contributed by atoms with E-state index in [0.29, 0.717) is 19.5 Å². The Morgan fingerprint density at radius 3 is 2.70 bits per heavy atom. The molecule has 1 atom stereocenters. The van der Waals surface area contributed by atoms with Gasteiger partial charge in [-0.05, 0) is 24.5 Å². The van der Waals surface area contributed by atoms with Crippen molar-refractivity contribution in [3.05, 3.63) is 74.8 Å². The zero-order valence-electron chi connectivity index (χ0n) is 13.1. The first-order valence-corrected chi connectivity index (χ1v) is 7.77. The largest absolute Gasteiger partial charge is 0.387 e. The number of aliphatic hydroxyl groups is 1. The van der Waals surface area contributed by atoms with Gasteiger partial charge in [0.2, 0.25) is 0 Å². The minimum absolute atomic E-state index is 0.209. The highest BCUT2D eigenvalue weighted by molar-refractivity contribution is 5.46. The average molecular weight is 312 g/mol. The molecule has 0 spiro atoms. The molecule has 5 heteroatoms. The van der Waals surface area contributed by atoms with E-state index in [-0.39, 0.29) is 10.6 Å². The van der Waals surface area contributed by atoms with Gasteiger partial charge in [0.1, 0.15) is 0 Å². The van der Waals surface area contributed by atoms with Crippen LogP contribution in [0.2, 0.25) is 0 Å². The van der Waals surface area contributed by atoms with Crippen molar-refractivity contribution in [1.82, 2.24) is 4.90 Å². The number of nitrogens with zero attached hydrogens (tertiary/aromatic N) is 2. The third-order valence-corrected chi connectivity index (χ3v) is 4.41. The highest BCUT2D eigenvalue weighted by Gasteiger charge is 2.24. The molecule has 0 aliphatic carbocycles. The molecule has 0 saturated carbocycles. The van der Waals surface area contributed by atoms with Crippen LogP contribution < -0.4 is 0 Å². The Morgan fingerprint density at radius 2 is 2.00 bits per heavy atom. The zero-order valence-corrected chi connectivity index (χ0v) is 13.1. The summed E-state index contributed by atoms with van der Waals surface area (Å²) in [6, 6.07) is 13.1. The lowest BCUT2D eigenvalue weighted by Gasteiger charge is -2.30. The monoisotopic (exact) mass is 312 g/mol. The Hall–Kier alpha value is -2.24. The fourth-order valence-corrected chi connectivity index (χ4v) is 3.11. The van der Waals surface area contributed by atoms with E-state index in [2.05, 4.69) is 4.90 Å². The Balaban J connectivity index is 1.71. The van der Waals surface area contributed by atoms with Crippen LogP contribution in [-0.2, 0) is 13.0 Å². The van der Waals surface area contributed by atoms with Gasteiger partial charge >= 0.3 is 0 Å². The fourth-order valence-electron chi connectivity index (χ4n) is 3.11. The highest BCUT2D eigenvalue weighted by atomic mass is 16.6. The van der Waals surface area contributed by atoms with E-state index in [1.54, 1.807) is 12.1 Å². The van der Waals surface area contributed by atoms with Crippen molar-refractivity contribution < 1.29 is 10.0 Å². The maximum atomic E-state index is 11.1.